The Morgan fingerprint density at radius 2 is 1.38 bits per heavy atom. The number of aromatic nitrogens is 1. The van der Waals surface area contributed by atoms with Gasteiger partial charge < -0.3 is 0 Å². The van der Waals surface area contributed by atoms with E-state index in [1.54, 1.807) is 0 Å². The van der Waals surface area contributed by atoms with Crippen LogP contribution in [0.15, 0.2) is 66.9 Å². The number of halogens is 6. The molecule has 37 heavy (non-hydrogen) atoms. The summed E-state index contributed by atoms with van der Waals surface area (Å²) in [5, 5.41) is 1.89. The molecule has 4 rings (SSSR count). The van der Waals surface area contributed by atoms with Crippen LogP contribution < -0.4 is 4.40 Å². The summed E-state index contributed by atoms with van der Waals surface area (Å²) in [6.07, 6.45) is -9.06. The second kappa shape index (κ2) is 9.49. The number of pyridine rings is 1. The van der Waals surface area contributed by atoms with Gasteiger partial charge in [-0.15, -0.1) is 0 Å². The number of fused-ring (bicyclic) bond motifs is 1. The molecular weight excluding hydrogens is 549 g/mol. The van der Waals surface area contributed by atoms with E-state index in [0.29, 0.717) is 16.2 Å². The molecule has 1 aromatic heterocycles. The monoisotopic (exact) mass is 577 g/mol. The summed E-state index contributed by atoms with van der Waals surface area (Å²) in [7, 11) is 0. The minimum absolute atomic E-state index is 0.117. The maximum atomic E-state index is 14.2. The average Bonchev–Trinajstić information content (AvgIpc) is 2.80. The zero-order chi connectivity index (χ0) is 27.3. The normalized spacial score (nSPS) is 13.0. The van der Waals surface area contributed by atoms with Crippen molar-refractivity contribution in [3.05, 3.63) is 83.6 Å². The van der Waals surface area contributed by atoms with Crippen LogP contribution >= 0.6 is 0 Å². The molecule has 3 aromatic carbocycles. The van der Waals surface area contributed by atoms with Crippen molar-refractivity contribution in [3.63, 3.8) is 0 Å². The summed E-state index contributed by atoms with van der Waals surface area (Å²) in [4.78, 5) is 4.07. The molecule has 0 radical (unpaired) electrons. The van der Waals surface area contributed by atoms with E-state index in [1.807, 2.05) is 67.5 Å². The van der Waals surface area contributed by atoms with Crippen molar-refractivity contribution in [2.45, 2.75) is 49.4 Å². The molecular formula is C29H27F6GeN. The van der Waals surface area contributed by atoms with Crippen molar-refractivity contribution in [2.24, 2.45) is 0 Å². The zero-order valence-electron chi connectivity index (χ0n) is 21.1. The van der Waals surface area contributed by atoms with Crippen molar-refractivity contribution in [1.29, 1.82) is 0 Å². The Balaban J connectivity index is 2.02. The van der Waals surface area contributed by atoms with Gasteiger partial charge in [-0.3, -0.25) is 0 Å². The van der Waals surface area contributed by atoms with Gasteiger partial charge >= 0.3 is 209 Å². The van der Waals surface area contributed by atoms with E-state index in [0.717, 1.165) is 28.5 Å². The summed E-state index contributed by atoms with van der Waals surface area (Å²) in [6.45, 7) is 4.02. The van der Waals surface area contributed by atoms with Crippen LogP contribution in [0, 0.1) is 0 Å². The summed E-state index contributed by atoms with van der Waals surface area (Å²) in [5.74, 6) is 5.93. The molecule has 1 nitrogen and oxygen atoms in total. The number of alkyl halides is 6. The Morgan fingerprint density at radius 1 is 0.730 bits per heavy atom. The third-order valence-corrected chi connectivity index (χ3v) is 10.8. The Bertz CT molecular complexity index is 1460. The van der Waals surface area contributed by atoms with Crippen LogP contribution in [0.25, 0.3) is 33.2 Å². The van der Waals surface area contributed by atoms with Gasteiger partial charge in [0, 0.05) is 0 Å². The van der Waals surface area contributed by atoms with Crippen molar-refractivity contribution in [1.82, 2.24) is 4.98 Å². The number of benzene rings is 3. The van der Waals surface area contributed by atoms with E-state index >= 15 is 0 Å². The molecule has 194 valence electrons. The van der Waals surface area contributed by atoms with Crippen LogP contribution in [0.5, 0.6) is 0 Å². The molecule has 8 heteroatoms. The predicted molar refractivity (Wildman–Crippen MR) is 140 cm³/mol. The summed E-state index contributed by atoms with van der Waals surface area (Å²) in [6, 6.07) is 16.2. The van der Waals surface area contributed by atoms with Crippen LogP contribution in [0.1, 0.15) is 36.5 Å². The molecule has 0 unspecified atom stereocenters. The van der Waals surface area contributed by atoms with E-state index in [9.17, 15) is 26.3 Å². The number of nitrogens with zero attached hydrogens (tertiary/aromatic N) is 1. The summed E-state index contributed by atoms with van der Waals surface area (Å²) in [5.41, 5.74) is -1.57. The van der Waals surface area contributed by atoms with Gasteiger partial charge in [0.1, 0.15) is 0 Å². The SMILES string of the molecule is CC(C)c1cc(-c2cc(-c3cc[c]([Ge]([CH3])([CH3])[CH3])cc3C(F)(F)F)c(C(F)(F)F)cn2)cc2ccccc12. The third kappa shape index (κ3) is 5.56. The first kappa shape index (κ1) is 27.2. The quantitative estimate of drug-likeness (QED) is 0.174. The molecule has 0 bridgehead atoms. The van der Waals surface area contributed by atoms with Gasteiger partial charge in [-0.1, -0.05) is 6.07 Å². The molecule has 4 aromatic rings. The van der Waals surface area contributed by atoms with Crippen molar-refractivity contribution < 1.29 is 26.3 Å². The molecule has 0 amide bonds. The fraction of sp³-hybridized carbons (Fsp3) is 0.276. The first-order valence-electron chi connectivity index (χ1n) is 11.9. The molecule has 0 aliphatic heterocycles. The zero-order valence-corrected chi connectivity index (χ0v) is 23.2. The van der Waals surface area contributed by atoms with Crippen LogP contribution in [-0.2, 0) is 12.4 Å². The second-order valence-corrected chi connectivity index (χ2v) is 21.2. The van der Waals surface area contributed by atoms with Gasteiger partial charge in [-0.25, -0.2) is 0 Å². The first-order valence-corrected chi connectivity index (χ1v) is 19.2. The topological polar surface area (TPSA) is 12.9 Å². The van der Waals surface area contributed by atoms with Crippen LogP contribution in [-0.4, -0.2) is 18.3 Å². The second-order valence-electron chi connectivity index (χ2n) is 10.6. The van der Waals surface area contributed by atoms with Gasteiger partial charge in [0.2, 0.25) is 0 Å². The molecule has 0 spiro atoms. The minimum atomic E-state index is -4.88. The Labute approximate surface area is 214 Å². The molecule has 0 fully saturated rings. The van der Waals surface area contributed by atoms with E-state index < -0.39 is 47.9 Å². The molecule has 0 N–H and O–H groups in total. The van der Waals surface area contributed by atoms with Crippen molar-refractivity contribution in [2.75, 3.05) is 0 Å². The van der Waals surface area contributed by atoms with Crippen LogP contribution in [0.2, 0.25) is 17.3 Å². The van der Waals surface area contributed by atoms with E-state index in [1.165, 1.54) is 12.1 Å². The van der Waals surface area contributed by atoms with Gasteiger partial charge in [0.25, 0.3) is 0 Å². The summed E-state index contributed by atoms with van der Waals surface area (Å²) >= 11 is -2.70. The molecule has 1 heterocycles. The van der Waals surface area contributed by atoms with E-state index in [-0.39, 0.29) is 11.6 Å². The Kier molecular flexibility index (Phi) is 6.99. The molecule has 0 aliphatic carbocycles. The van der Waals surface area contributed by atoms with Crippen LogP contribution in [0.4, 0.5) is 26.3 Å². The first-order chi connectivity index (χ1) is 17.1. The number of rotatable bonds is 4. The maximum absolute atomic E-state index is 14.2. The van der Waals surface area contributed by atoms with E-state index in [2.05, 4.69) is 4.98 Å². The van der Waals surface area contributed by atoms with E-state index in [4.69, 9.17) is 0 Å². The van der Waals surface area contributed by atoms with Crippen molar-refractivity contribution in [3.8, 4) is 22.4 Å². The number of hydrogen-bond donors (Lipinski definition) is 0. The fourth-order valence-corrected chi connectivity index (χ4v) is 6.94. The molecule has 0 atom stereocenters. The third-order valence-electron chi connectivity index (χ3n) is 6.50. The number of hydrogen-bond acceptors (Lipinski definition) is 1. The molecule has 0 saturated carbocycles. The van der Waals surface area contributed by atoms with Gasteiger partial charge in [-0.2, -0.15) is 0 Å². The predicted octanol–water partition coefficient (Wildman–Crippen LogP) is 9.27. The van der Waals surface area contributed by atoms with Gasteiger partial charge in [0.05, 0.1) is 0 Å². The van der Waals surface area contributed by atoms with Gasteiger partial charge in [0.15, 0.2) is 0 Å². The average molecular weight is 576 g/mol. The Hall–Kier alpha value is -2.81. The van der Waals surface area contributed by atoms with Gasteiger partial charge in [-0.05, 0) is 0 Å². The Morgan fingerprint density at radius 3 is 1.97 bits per heavy atom. The fourth-order valence-electron chi connectivity index (χ4n) is 4.51. The van der Waals surface area contributed by atoms with Crippen LogP contribution in [0.3, 0.4) is 0 Å². The molecule has 0 aliphatic rings. The summed E-state index contributed by atoms with van der Waals surface area (Å²) < 4.78 is 85.2. The molecule has 0 saturated heterocycles. The van der Waals surface area contributed by atoms with Crippen molar-refractivity contribution >= 4 is 28.4 Å². The standard InChI is InChI=1S/C29H27F6GeN/c1-17(2)23-13-19(12-18-8-6-7-9-21(18)23)27-15-24(26(16-37-27)29(33,34)35)22-11-10-20(36(3,4)5)14-25(22)28(30,31)32/h6-17H,1-5H3.